The molecule has 0 fully saturated rings. The molecule has 0 saturated carbocycles. The van der Waals surface area contributed by atoms with Crippen LogP contribution in [0.5, 0.6) is 0 Å². The molecule has 1 heterocycles. The Kier molecular flexibility index (Phi) is 2.75. The fourth-order valence-electron chi connectivity index (χ4n) is 1.44. The van der Waals surface area contributed by atoms with Gasteiger partial charge in [-0.2, -0.15) is 0 Å². The van der Waals surface area contributed by atoms with E-state index in [2.05, 4.69) is 0 Å². The Morgan fingerprint density at radius 2 is 1.75 bits per heavy atom. The van der Waals surface area contributed by atoms with Crippen LogP contribution in [-0.4, -0.2) is 5.11 Å². The van der Waals surface area contributed by atoms with Gasteiger partial charge in [-0.1, -0.05) is 6.07 Å². The first kappa shape index (κ1) is 10.8. The number of aliphatic hydroxyl groups excluding tert-OH is 1. The van der Waals surface area contributed by atoms with Gasteiger partial charge in [-0.25, -0.2) is 8.78 Å². The minimum Gasteiger partial charge on any atom is -0.458 e. The summed E-state index contributed by atoms with van der Waals surface area (Å²) in [5.74, 6) is -1.03. The van der Waals surface area contributed by atoms with Crippen LogP contribution in [0.2, 0.25) is 0 Å². The lowest BCUT2D eigenvalue weighted by Crippen LogP contribution is -1.88. The predicted octanol–water partition coefficient (Wildman–Crippen LogP) is 3.28. The van der Waals surface area contributed by atoms with E-state index in [4.69, 9.17) is 4.42 Å². The molecule has 1 aromatic carbocycles. The Morgan fingerprint density at radius 3 is 2.25 bits per heavy atom. The number of hydrogen-bond acceptors (Lipinski definition) is 2. The molecule has 2 rings (SSSR count). The van der Waals surface area contributed by atoms with Crippen molar-refractivity contribution in [3.05, 3.63) is 47.7 Å². The Balaban J connectivity index is 2.50. The molecule has 2 aromatic rings. The minimum absolute atomic E-state index is 0.0755. The summed E-state index contributed by atoms with van der Waals surface area (Å²) in [6.45, 7) is 1.51. The molecule has 0 spiro atoms. The van der Waals surface area contributed by atoms with Crippen LogP contribution in [0, 0.1) is 11.6 Å². The zero-order valence-corrected chi connectivity index (χ0v) is 8.58. The Hall–Kier alpha value is -1.68. The number of hydrogen-bond donors (Lipinski definition) is 1. The summed E-state index contributed by atoms with van der Waals surface area (Å²) in [5, 5.41) is 9.24. The highest BCUT2D eigenvalue weighted by Crippen LogP contribution is 2.29. The predicted molar refractivity (Wildman–Crippen MR) is 54.7 cm³/mol. The number of halogens is 2. The number of furan rings is 1. The van der Waals surface area contributed by atoms with Gasteiger partial charge in [-0.15, -0.1) is 0 Å². The van der Waals surface area contributed by atoms with E-state index in [1.807, 2.05) is 0 Å². The second kappa shape index (κ2) is 4.06. The number of rotatable bonds is 2. The molecule has 2 nitrogen and oxygen atoms in total. The molecule has 1 N–H and O–H groups in total. The molecule has 16 heavy (non-hydrogen) atoms. The largest absolute Gasteiger partial charge is 0.458 e. The van der Waals surface area contributed by atoms with E-state index in [0.717, 1.165) is 12.1 Å². The van der Waals surface area contributed by atoms with Crippen molar-refractivity contribution >= 4 is 0 Å². The van der Waals surface area contributed by atoms with E-state index >= 15 is 0 Å². The SMILES string of the molecule is CC(O)c1ccc(-c2c(F)cccc2F)o1. The van der Waals surface area contributed by atoms with Gasteiger partial charge >= 0.3 is 0 Å². The molecule has 1 aromatic heterocycles. The highest BCUT2D eigenvalue weighted by atomic mass is 19.1. The minimum atomic E-state index is -0.802. The molecule has 0 radical (unpaired) electrons. The van der Waals surface area contributed by atoms with Crippen molar-refractivity contribution in [1.82, 2.24) is 0 Å². The normalized spacial score (nSPS) is 12.8. The van der Waals surface area contributed by atoms with Crippen molar-refractivity contribution in [2.24, 2.45) is 0 Å². The summed E-state index contributed by atoms with van der Waals surface area (Å²) in [4.78, 5) is 0. The maximum absolute atomic E-state index is 13.4. The van der Waals surface area contributed by atoms with Crippen molar-refractivity contribution < 1.29 is 18.3 Å². The maximum Gasteiger partial charge on any atom is 0.140 e. The van der Waals surface area contributed by atoms with E-state index in [1.54, 1.807) is 0 Å². The van der Waals surface area contributed by atoms with Crippen LogP contribution in [0.1, 0.15) is 18.8 Å². The third-order valence-corrected chi connectivity index (χ3v) is 2.25. The summed E-state index contributed by atoms with van der Waals surface area (Å²) < 4.78 is 31.9. The maximum atomic E-state index is 13.4. The first-order valence-electron chi connectivity index (χ1n) is 4.82. The smallest absolute Gasteiger partial charge is 0.140 e. The van der Waals surface area contributed by atoms with Gasteiger partial charge < -0.3 is 9.52 Å². The zero-order chi connectivity index (χ0) is 11.7. The first-order valence-corrected chi connectivity index (χ1v) is 4.82. The van der Waals surface area contributed by atoms with Gasteiger partial charge in [0.25, 0.3) is 0 Å². The lowest BCUT2D eigenvalue weighted by Gasteiger charge is -2.02. The van der Waals surface area contributed by atoms with Gasteiger partial charge in [-0.05, 0) is 31.2 Å². The molecule has 0 saturated heterocycles. The molecule has 0 aliphatic carbocycles. The van der Waals surface area contributed by atoms with E-state index < -0.39 is 17.7 Å². The van der Waals surface area contributed by atoms with Crippen molar-refractivity contribution in [1.29, 1.82) is 0 Å². The molecule has 0 aliphatic heterocycles. The second-order valence-electron chi connectivity index (χ2n) is 3.47. The van der Waals surface area contributed by atoms with Gasteiger partial charge in [-0.3, -0.25) is 0 Å². The van der Waals surface area contributed by atoms with Gasteiger partial charge in [0.15, 0.2) is 0 Å². The van der Waals surface area contributed by atoms with E-state index in [1.165, 1.54) is 25.1 Å². The van der Waals surface area contributed by atoms with Crippen LogP contribution >= 0.6 is 0 Å². The highest BCUT2D eigenvalue weighted by Gasteiger charge is 2.15. The van der Waals surface area contributed by atoms with Gasteiger partial charge in [0, 0.05) is 0 Å². The molecule has 0 amide bonds. The molecule has 4 heteroatoms. The molecular weight excluding hydrogens is 214 g/mol. The lowest BCUT2D eigenvalue weighted by atomic mass is 10.1. The van der Waals surface area contributed by atoms with Crippen LogP contribution < -0.4 is 0 Å². The Morgan fingerprint density at radius 1 is 1.12 bits per heavy atom. The fourth-order valence-corrected chi connectivity index (χ4v) is 1.44. The van der Waals surface area contributed by atoms with Crippen molar-refractivity contribution in [3.63, 3.8) is 0 Å². The average Bonchev–Trinajstić information content (AvgIpc) is 2.66. The molecule has 0 aliphatic rings. The van der Waals surface area contributed by atoms with E-state index in [0.29, 0.717) is 0 Å². The zero-order valence-electron chi connectivity index (χ0n) is 8.58. The fraction of sp³-hybridized carbons (Fsp3) is 0.167. The topological polar surface area (TPSA) is 33.4 Å². The second-order valence-corrected chi connectivity index (χ2v) is 3.47. The molecular formula is C12H10F2O2. The Labute approximate surface area is 91.1 Å². The molecule has 0 bridgehead atoms. The standard InChI is InChI=1S/C12H10F2O2/c1-7(15)10-5-6-11(16-10)12-8(13)3-2-4-9(12)14/h2-7,15H,1H3. The summed E-state index contributed by atoms with van der Waals surface area (Å²) in [5.41, 5.74) is -0.214. The lowest BCUT2D eigenvalue weighted by molar-refractivity contribution is 0.170. The third-order valence-electron chi connectivity index (χ3n) is 2.25. The molecule has 1 atom stereocenters. The Bertz CT molecular complexity index is 483. The first-order chi connectivity index (χ1) is 7.59. The van der Waals surface area contributed by atoms with Crippen molar-refractivity contribution in [2.75, 3.05) is 0 Å². The number of benzene rings is 1. The summed E-state index contributed by atoms with van der Waals surface area (Å²) in [6, 6.07) is 6.52. The monoisotopic (exact) mass is 224 g/mol. The van der Waals surface area contributed by atoms with Crippen LogP contribution in [0.25, 0.3) is 11.3 Å². The van der Waals surface area contributed by atoms with Crippen molar-refractivity contribution in [3.8, 4) is 11.3 Å². The van der Waals surface area contributed by atoms with Gasteiger partial charge in [0.1, 0.15) is 29.3 Å². The van der Waals surface area contributed by atoms with Crippen LogP contribution in [0.4, 0.5) is 8.78 Å². The highest BCUT2D eigenvalue weighted by molar-refractivity contribution is 5.59. The molecule has 1 unspecified atom stereocenters. The van der Waals surface area contributed by atoms with Gasteiger partial charge in [0.2, 0.25) is 0 Å². The number of aliphatic hydroxyl groups is 1. The van der Waals surface area contributed by atoms with Gasteiger partial charge in [0.05, 0.1) is 5.56 Å². The van der Waals surface area contributed by atoms with Crippen LogP contribution in [0.3, 0.4) is 0 Å². The van der Waals surface area contributed by atoms with E-state index in [-0.39, 0.29) is 17.1 Å². The van der Waals surface area contributed by atoms with E-state index in [9.17, 15) is 13.9 Å². The summed E-state index contributed by atoms with van der Waals surface area (Å²) >= 11 is 0. The third kappa shape index (κ3) is 1.84. The average molecular weight is 224 g/mol. The van der Waals surface area contributed by atoms with Crippen LogP contribution in [-0.2, 0) is 0 Å². The van der Waals surface area contributed by atoms with Crippen LogP contribution in [0.15, 0.2) is 34.7 Å². The quantitative estimate of drug-likeness (QED) is 0.849. The summed E-state index contributed by atoms with van der Waals surface area (Å²) in [6.07, 6.45) is -0.802. The summed E-state index contributed by atoms with van der Waals surface area (Å²) in [7, 11) is 0. The van der Waals surface area contributed by atoms with Crippen molar-refractivity contribution in [2.45, 2.75) is 13.0 Å². The molecule has 84 valence electrons.